The minimum atomic E-state index is 0.572. The van der Waals surface area contributed by atoms with Crippen molar-refractivity contribution in [3.63, 3.8) is 0 Å². The summed E-state index contributed by atoms with van der Waals surface area (Å²) in [4.78, 5) is 15.8. The molecule has 5 heteroatoms. The van der Waals surface area contributed by atoms with Gasteiger partial charge < -0.3 is 0 Å². The fourth-order valence-corrected chi connectivity index (χ4v) is 9.16. The van der Waals surface area contributed by atoms with E-state index in [2.05, 4.69) is 180 Å². The van der Waals surface area contributed by atoms with E-state index < -0.39 is 0 Å². The number of thiophene rings is 1. The van der Waals surface area contributed by atoms with Gasteiger partial charge in [-0.25, -0.2) is 4.98 Å². The highest BCUT2D eigenvalue weighted by Crippen LogP contribution is 2.42. The summed E-state index contributed by atoms with van der Waals surface area (Å²) in [5.41, 5.74) is 10.8. The largest absolute Gasteiger partial charge is 0.278 e. The van der Waals surface area contributed by atoms with Crippen LogP contribution in [0.3, 0.4) is 0 Å². The fourth-order valence-electron chi connectivity index (χ4n) is 8.03. The lowest BCUT2D eigenvalue weighted by molar-refractivity contribution is 0.953. The normalized spacial score (nSPS) is 11.6. The van der Waals surface area contributed by atoms with Crippen LogP contribution < -0.4 is 0 Å². The zero-order valence-corrected chi connectivity index (χ0v) is 31.0. The molecule has 0 radical (unpaired) electrons. The second-order valence-corrected chi connectivity index (χ2v) is 15.1. The Balaban J connectivity index is 1.18. The van der Waals surface area contributed by atoms with Crippen LogP contribution in [0.25, 0.3) is 104 Å². The summed E-state index contributed by atoms with van der Waals surface area (Å²) in [7, 11) is 0. The standard InChI is InChI=1S/C51H32N4S/c1-4-15-33(16-5-1)37-29-38(34-17-6-2-7-18-34)31-39(30-37)50-52-49(35-19-8-3-9-20-35)53-51(54-50)55-44-24-12-10-21-41(44)42-28-27-36(32-45(42)55)40-23-14-26-47-48(40)43-22-11-13-25-46(43)56-47/h1-32H. The third kappa shape index (κ3) is 5.48. The molecule has 0 N–H and O–H groups in total. The molecule has 8 aromatic carbocycles. The molecule has 262 valence electrons. The molecular formula is C51H32N4S. The smallest absolute Gasteiger partial charge is 0.238 e. The van der Waals surface area contributed by atoms with E-state index in [4.69, 9.17) is 15.0 Å². The molecule has 0 saturated heterocycles. The summed E-state index contributed by atoms with van der Waals surface area (Å²) >= 11 is 1.84. The molecule has 3 heterocycles. The van der Waals surface area contributed by atoms with Gasteiger partial charge in [-0.15, -0.1) is 11.3 Å². The van der Waals surface area contributed by atoms with Crippen molar-refractivity contribution in [1.29, 1.82) is 0 Å². The molecule has 56 heavy (non-hydrogen) atoms. The second-order valence-electron chi connectivity index (χ2n) is 14.0. The molecule has 0 spiro atoms. The van der Waals surface area contributed by atoms with Crippen LogP contribution >= 0.6 is 11.3 Å². The maximum atomic E-state index is 5.37. The van der Waals surface area contributed by atoms with Crippen LogP contribution in [0.2, 0.25) is 0 Å². The highest BCUT2D eigenvalue weighted by Gasteiger charge is 2.20. The van der Waals surface area contributed by atoms with Gasteiger partial charge in [-0.2, -0.15) is 9.97 Å². The Kier molecular flexibility index (Phi) is 7.64. The molecule has 0 aliphatic carbocycles. The third-order valence-corrected chi connectivity index (χ3v) is 11.8. The van der Waals surface area contributed by atoms with E-state index in [1.54, 1.807) is 0 Å². The van der Waals surface area contributed by atoms with Crippen LogP contribution in [0.5, 0.6) is 0 Å². The summed E-state index contributed by atoms with van der Waals surface area (Å²) in [6.07, 6.45) is 0. The van der Waals surface area contributed by atoms with Gasteiger partial charge in [0.1, 0.15) is 0 Å². The first kappa shape index (κ1) is 32.2. The van der Waals surface area contributed by atoms with E-state index >= 15 is 0 Å². The quantitative estimate of drug-likeness (QED) is 0.171. The zero-order valence-electron chi connectivity index (χ0n) is 30.2. The third-order valence-electron chi connectivity index (χ3n) is 10.6. The number of hydrogen-bond acceptors (Lipinski definition) is 4. The summed E-state index contributed by atoms with van der Waals surface area (Å²) in [6, 6.07) is 68.6. The predicted octanol–water partition coefficient (Wildman–Crippen LogP) is 13.7. The summed E-state index contributed by atoms with van der Waals surface area (Å²) in [5.74, 6) is 1.80. The Morgan fingerprint density at radius 3 is 1.61 bits per heavy atom. The number of nitrogens with zero attached hydrogens (tertiary/aromatic N) is 4. The Hall–Kier alpha value is -7.21. The van der Waals surface area contributed by atoms with Gasteiger partial charge in [0.2, 0.25) is 5.95 Å². The van der Waals surface area contributed by atoms with Gasteiger partial charge in [-0.3, -0.25) is 4.57 Å². The molecule has 0 aliphatic rings. The van der Waals surface area contributed by atoms with Crippen molar-refractivity contribution in [3.8, 4) is 62.1 Å². The molecule has 3 aromatic heterocycles. The topological polar surface area (TPSA) is 43.6 Å². The van der Waals surface area contributed by atoms with Crippen LogP contribution in [0, 0.1) is 0 Å². The van der Waals surface area contributed by atoms with Crippen molar-refractivity contribution in [2.45, 2.75) is 0 Å². The average molecular weight is 733 g/mol. The van der Waals surface area contributed by atoms with Gasteiger partial charge in [0.15, 0.2) is 11.6 Å². The summed E-state index contributed by atoms with van der Waals surface area (Å²) in [5, 5.41) is 4.86. The Morgan fingerprint density at radius 1 is 0.339 bits per heavy atom. The zero-order chi connectivity index (χ0) is 37.0. The van der Waals surface area contributed by atoms with Crippen LogP contribution in [0.4, 0.5) is 0 Å². The molecule has 0 saturated carbocycles. The minimum Gasteiger partial charge on any atom is -0.278 e. The number of para-hydroxylation sites is 1. The Labute approximate surface area is 327 Å². The van der Waals surface area contributed by atoms with E-state index in [-0.39, 0.29) is 0 Å². The molecule has 0 atom stereocenters. The molecule has 11 aromatic rings. The van der Waals surface area contributed by atoms with Gasteiger partial charge in [0, 0.05) is 42.1 Å². The van der Waals surface area contributed by atoms with E-state index in [9.17, 15) is 0 Å². The van der Waals surface area contributed by atoms with Gasteiger partial charge >= 0.3 is 0 Å². The molecule has 4 nitrogen and oxygen atoms in total. The van der Waals surface area contributed by atoms with E-state index in [1.165, 1.54) is 25.7 Å². The first-order valence-corrected chi connectivity index (χ1v) is 19.6. The van der Waals surface area contributed by atoms with E-state index in [0.717, 1.165) is 60.8 Å². The van der Waals surface area contributed by atoms with Crippen LogP contribution in [-0.4, -0.2) is 19.5 Å². The molecule has 0 bridgehead atoms. The van der Waals surface area contributed by atoms with Crippen LogP contribution in [0.15, 0.2) is 194 Å². The van der Waals surface area contributed by atoms with Crippen molar-refractivity contribution < 1.29 is 0 Å². The summed E-state index contributed by atoms with van der Waals surface area (Å²) in [6.45, 7) is 0. The van der Waals surface area contributed by atoms with Crippen molar-refractivity contribution in [2.24, 2.45) is 0 Å². The van der Waals surface area contributed by atoms with Crippen molar-refractivity contribution in [2.75, 3.05) is 0 Å². The number of rotatable bonds is 6. The lowest BCUT2D eigenvalue weighted by Crippen LogP contribution is -2.06. The highest BCUT2D eigenvalue weighted by molar-refractivity contribution is 7.25. The molecular weight excluding hydrogens is 701 g/mol. The van der Waals surface area contributed by atoms with Gasteiger partial charge in [0.05, 0.1) is 11.0 Å². The lowest BCUT2D eigenvalue weighted by Gasteiger charge is -2.14. The van der Waals surface area contributed by atoms with Gasteiger partial charge in [-0.1, -0.05) is 152 Å². The molecule has 11 rings (SSSR count). The Bertz CT molecular complexity index is 3180. The second kappa shape index (κ2) is 13.3. The number of benzene rings is 8. The van der Waals surface area contributed by atoms with Crippen molar-refractivity contribution >= 4 is 53.3 Å². The lowest BCUT2D eigenvalue weighted by atomic mass is 9.96. The van der Waals surface area contributed by atoms with E-state index in [0.29, 0.717) is 17.6 Å². The van der Waals surface area contributed by atoms with Gasteiger partial charge in [0.25, 0.3) is 0 Å². The minimum absolute atomic E-state index is 0.572. The first-order chi connectivity index (χ1) is 27.7. The average Bonchev–Trinajstić information content (AvgIpc) is 3.83. The molecule has 0 fully saturated rings. The predicted molar refractivity (Wildman–Crippen MR) is 234 cm³/mol. The molecule has 0 aliphatic heterocycles. The molecule has 0 unspecified atom stereocenters. The van der Waals surface area contributed by atoms with E-state index in [1.807, 2.05) is 29.5 Å². The monoisotopic (exact) mass is 732 g/mol. The molecule has 0 amide bonds. The Morgan fingerprint density at radius 2 is 0.893 bits per heavy atom. The number of aromatic nitrogens is 4. The number of fused-ring (bicyclic) bond motifs is 6. The number of hydrogen-bond donors (Lipinski definition) is 0. The van der Waals surface area contributed by atoms with Gasteiger partial charge in [-0.05, 0) is 75.8 Å². The summed E-state index contributed by atoms with van der Waals surface area (Å²) < 4.78 is 4.80. The fraction of sp³-hybridized carbons (Fsp3) is 0. The first-order valence-electron chi connectivity index (χ1n) is 18.8. The highest BCUT2D eigenvalue weighted by atomic mass is 32.1. The van der Waals surface area contributed by atoms with Crippen LogP contribution in [0.1, 0.15) is 0 Å². The maximum Gasteiger partial charge on any atom is 0.238 e. The van der Waals surface area contributed by atoms with Crippen molar-refractivity contribution in [1.82, 2.24) is 19.5 Å². The maximum absolute atomic E-state index is 5.37. The van der Waals surface area contributed by atoms with Crippen LogP contribution in [-0.2, 0) is 0 Å². The SMILES string of the molecule is c1ccc(-c2cc(-c3ccccc3)cc(-c3nc(-c4ccccc4)nc(-n4c5ccccc5c5ccc(-c6cccc7sc8ccccc8c67)cc54)n3)c2)cc1. The van der Waals surface area contributed by atoms with Crippen molar-refractivity contribution in [3.05, 3.63) is 194 Å².